The van der Waals surface area contributed by atoms with Gasteiger partial charge in [0.25, 0.3) is 0 Å². The summed E-state index contributed by atoms with van der Waals surface area (Å²) in [5.41, 5.74) is 1.27. The smallest absolute Gasteiger partial charge is 0.193 e. The number of nitrogens with zero attached hydrogens (tertiary/aromatic N) is 2. The highest BCUT2D eigenvalue weighted by Gasteiger charge is 2.06. The molecule has 0 amide bonds. The summed E-state index contributed by atoms with van der Waals surface area (Å²) in [5, 5.41) is 3.36. The van der Waals surface area contributed by atoms with Crippen molar-refractivity contribution in [2.24, 2.45) is 4.99 Å². The Kier molecular flexibility index (Phi) is 13.8. The number of benzene rings is 1. The minimum absolute atomic E-state index is 0. The van der Waals surface area contributed by atoms with Crippen LogP contribution >= 0.6 is 39.9 Å². The van der Waals surface area contributed by atoms with Crippen molar-refractivity contribution in [1.82, 2.24) is 10.2 Å². The summed E-state index contributed by atoms with van der Waals surface area (Å²) in [5.74, 6) is 0.970. The third kappa shape index (κ3) is 10.2. The molecule has 132 valence electrons. The number of methoxy groups -OCH3 is 1. The molecule has 1 aromatic carbocycles. The predicted molar refractivity (Wildman–Crippen MR) is 113 cm³/mol. The number of rotatable bonds is 9. The van der Waals surface area contributed by atoms with Crippen LogP contribution in [0.15, 0.2) is 33.7 Å². The molecular formula is C17H29BrIN3O. The molecule has 0 bridgehead atoms. The molecule has 1 aromatic rings. The van der Waals surface area contributed by atoms with Gasteiger partial charge in [0.1, 0.15) is 0 Å². The summed E-state index contributed by atoms with van der Waals surface area (Å²) < 4.78 is 6.17. The SMILES string of the molecule is CCNC(=NCCCCCOC)N(C)Cc1ccc(Br)cc1.I. The minimum atomic E-state index is 0. The summed E-state index contributed by atoms with van der Waals surface area (Å²) in [4.78, 5) is 6.87. The van der Waals surface area contributed by atoms with Crippen molar-refractivity contribution < 1.29 is 4.74 Å². The summed E-state index contributed by atoms with van der Waals surface area (Å²) in [7, 11) is 3.83. The lowest BCUT2D eigenvalue weighted by atomic mass is 10.2. The van der Waals surface area contributed by atoms with Gasteiger partial charge in [0.2, 0.25) is 0 Å². The Morgan fingerprint density at radius 1 is 1.22 bits per heavy atom. The molecule has 4 nitrogen and oxygen atoms in total. The molecule has 0 aliphatic heterocycles. The molecule has 0 atom stereocenters. The molecule has 0 aromatic heterocycles. The van der Waals surface area contributed by atoms with Crippen LogP contribution in [0.25, 0.3) is 0 Å². The van der Waals surface area contributed by atoms with E-state index in [0.29, 0.717) is 0 Å². The van der Waals surface area contributed by atoms with Crippen molar-refractivity contribution in [3.8, 4) is 0 Å². The van der Waals surface area contributed by atoms with Crippen LogP contribution in [0.1, 0.15) is 31.7 Å². The Balaban J connectivity index is 0.00000484. The fraction of sp³-hybridized carbons (Fsp3) is 0.588. The number of unbranched alkanes of at least 4 members (excludes halogenated alkanes) is 2. The average Bonchev–Trinajstić information content (AvgIpc) is 2.51. The molecular weight excluding hydrogens is 469 g/mol. The maximum atomic E-state index is 5.06. The van der Waals surface area contributed by atoms with Gasteiger partial charge in [-0.2, -0.15) is 0 Å². The summed E-state index contributed by atoms with van der Waals surface area (Å²) in [6.45, 7) is 5.53. The molecule has 0 aliphatic carbocycles. The number of hydrogen-bond acceptors (Lipinski definition) is 2. The highest BCUT2D eigenvalue weighted by Crippen LogP contribution is 2.11. The van der Waals surface area contributed by atoms with E-state index in [-0.39, 0.29) is 24.0 Å². The van der Waals surface area contributed by atoms with E-state index in [4.69, 9.17) is 9.73 Å². The molecule has 0 heterocycles. The monoisotopic (exact) mass is 497 g/mol. The van der Waals surface area contributed by atoms with Crippen molar-refractivity contribution in [3.63, 3.8) is 0 Å². The molecule has 1 N–H and O–H groups in total. The second-order valence-corrected chi connectivity index (χ2v) is 6.19. The first-order valence-electron chi connectivity index (χ1n) is 7.90. The van der Waals surface area contributed by atoms with E-state index in [1.54, 1.807) is 7.11 Å². The standard InChI is InChI=1S/C17H28BrN3O.HI/c1-4-19-17(20-12-6-5-7-13-22-3)21(2)14-15-8-10-16(18)11-9-15;/h8-11H,4-7,12-14H2,1-3H3,(H,19,20);1H. The molecule has 0 saturated carbocycles. The van der Waals surface area contributed by atoms with Crippen LogP contribution < -0.4 is 5.32 Å². The van der Waals surface area contributed by atoms with E-state index >= 15 is 0 Å². The second kappa shape index (κ2) is 14.0. The van der Waals surface area contributed by atoms with Crippen LogP contribution in [-0.2, 0) is 11.3 Å². The van der Waals surface area contributed by atoms with Crippen LogP contribution in [-0.4, -0.2) is 44.7 Å². The van der Waals surface area contributed by atoms with Crippen molar-refractivity contribution in [3.05, 3.63) is 34.3 Å². The average molecular weight is 498 g/mol. The van der Waals surface area contributed by atoms with Gasteiger partial charge >= 0.3 is 0 Å². The molecule has 0 unspecified atom stereocenters. The third-order valence-corrected chi connectivity index (χ3v) is 3.83. The van der Waals surface area contributed by atoms with Crippen molar-refractivity contribution in [2.75, 3.05) is 33.9 Å². The van der Waals surface area contributed by atoms with E-state index in [9.17, 15) is 0 Å². The maximum Gasteiger partial charge on any atom is 0.193 e. The summed E-state index contributed by atoms with van der Waals surface area (Å²) in [6, 6.07) is 8.41. The fourth-order valence-corrected chi connectivity index (χ4v) is 2.39. The number of guanidine groups is 1. The van der Waals surface area contributed by atoms with Crippen LogP contribution in [0.5, 0.6) is 0 Å². The molecule has 0 aliphatic rings. The maximum absolute atomic E-state index is 5.06. The molecule has 1 rings (SSSR count). The number of hydrogen-bond donors (Lipinski definition) is 1. The van der Waals surface area contributed by atoms with E-state index in [0.717, 1.165) is 55.9 Å². The van der Waals surface area contributed by atoms with Gasteiger partial charge in [0, 0.05) is 44.9 Å². The Morgan fingerprint density at radius 3 is 2.52 bits per heavy atom. The van der Waals surface area contributed by atoms with Gasteiger partial charge in [-0.3, -0.25) is 4.99 Å². The van der Waals surface area contributed by atoms with E-state index in [1.165, 1.54) is 5.56 Å². The van der Waals surface area contributed by atoms with Crippen LogP contribution in [0.4, 0.5) is 0 Å². The van der Waals surface area contributed by atoms with E-state index < -0.39 is 0 Å². The normalized spacial score (nSPS) is 11.0. The first-order valence-corrected chi connectivity index (χ1v) is 8.69. The lowest BCUT2D eigenvalue weighted by Gasteiger charge is -2.22. The Hall–Kier alpha value is -0.340. The zero-order valence-electron chi connectivity index (χ0n) is 14.3. The van der Waals surface area contributed by atoms with Crippen LogP contribution in [0.2, 0.25) is 0 Å². The largest absolute Gasteiger partial charge is 0.385 e. The fourth-order valence-electron chi connectivity index (χ4n) is 2.13. The topological polar surface area (TPSA) is 36.9 Å². The molecule has 0 spiro atoms. The van der Waals surface area contributed by atoms with Gasteiger partial charge in [0.05, 0.1) is 0 Å². The predicted octanol–water partition coefficient (Wildman–Crippen LogP) is 4.28. The second-order valence-electron chi connectivity index (χ2n) is 5.27. The lowest BCUT2D eigenvalue weighted by Crippen LogP contribution is -2.38. The quantitative estimate of drug-likeness (QED) is 0.239. The van der Waals surface area contributed by atoms with Gasteiger partial charge in [-0.15, -0.1) is 24.0 Å². The van der Waals surface area contributed by atoms with Gasteiger partial charge in [-0.1, -0.05) is 28.1 Å². The zero-order valence-corrected chi connectivity index (χ0v) is 18.3. The lowest BCUT2D eigenvalue weighted by molar-refractivity contribution is 0.192. The first-order chi connectivity index (χ1) is 10.7. The molecule has 0 saturated heterocycles. The Morgan fingerprint density at radius 2 is 1.91 bits per heavy atom. The zero-order chi connectivity index (χ0) is 16.2. The van der Waals surface area contributed by atoms with Crippen LogP contribution in [0.3, 0.4) is 0 Å². The van der Waals surface area contributed by atoms with Gasteiger partial charge in [-0.25, -0.2) is 0 Å². The molecule has 6 heteroatoms. The van der Waals surface area contributed by atoms with Crippen LogP contribution in [0, 0.1) is 0 Å². The number of aliphatic imine (C=N–C) groups is 1. The molecule has 0 radical (unpaired) electrons. The highest BCUT2D eigenvalue weighted by molar-refractivity contribution is 14.0. The molecule has 23 heavy (non-hydrogen) atoms. The first kappa shape index (κ1) is 22.7. The summed E-state index contributed by atoms with van der Waals surface area (Å²) in [6.07, 6.45) is 3.37. The minimum Gasteiger partial charge on any atom is -0.385 e. The van der Waals surface area contributed by atoms with Crippen molar-refractivity contribution >= 4 is 45.9 Å². The van der Waals surface area contributed by atoms with Gasteiger partial charge in [-0.05, 0) is 43.9 Å². The summed E-state index contributed by atoms with van der Waals surface area (Å²) >= 11 is 3.47. The van der Waals surface area contributed by atoms with Gasteiger partial charge < -0.3 is 15.0 Å². The molecule has 0 fully saturated rings. The number of halogens is 2. The van der Waals surface area contributed by atoms with E-state index in [1.807, 2.05) is 0 Å². The third-order valence-electron chi connectivity index (χ3n) is 3.30. The van der Waals surface area contributed by atoms with Crippen molar-refractivity contribution in [1.29, 1.82) is 0 Å². The van der Waals surface area contributed by atoms with E-state index in [2.05, 4.69) is 64.4 Å². The number of ether oxygens (including phenoxy) is 1. The van der Waals surface area contributed by atoms with Gasteiger partial charge in [0.15, 0.2) is 5.96 Å². The van der Waals surface area contributed by atoms with Crippen molar-refractivity contribution in [2.45, 2.75) is 32.7 Å². The highest BCUT2D eigenvalue weighted by atomic mass is 127. The number of nitrogens with one attached hydrogen (secondary N) is 1. The Labute approximate surface area is 166 Å². The Bertz CT molecular complexity index is 440.